The number of thiophene rings is 1. The number of carbonyl (C=O) groups is 2. The van der Waals surface area contributed by atoms with Crippen LogP contribution < -0.4 is 10.5 Å². The van der Waals surface area contributed by atoms with Gasteiger partial charge in [-0.05, 0) is 18.6 Å². The molecule has 0 saturated heterocycles. The van der Waals surface area contributed by atoms with E-state index in [1.54, 1.807) is 30.3 Å². The van der Waals surface area contributed by atoms with Crippen molar-refractivity contribution in [1.82, 2.24) is 0 Å². The highest BCUT2D eigenvalue weighted by Gasteiger charge is 2.17. The molecule has 1 aromatic carbocycles. The minimum absolute atomic E-state index is 0.0965. The highest BCUT2D eigenvalue weighted by molar-refractivity contribution is 7.14. The van der Waals surface area contributed by atoms with Crippen molar-refractivity contribution in [2.45, 2.75) is 20.0 Å². The smallest absolute Gasteiger partial charge is 0.349 e. The van der Waals surface area contributed by atoms with E-state index < -0.39 is 11.9 Å². The van der Waals surface area contributed by atoms with Gasteiger partial charge in [-0.15, -0.1) is 11.3 Å². The third kappa shape index (κ3) is 3.41. The Labute approximate surface area is 126 Å². The predicted octanol–water partition coefficient (Wildman–Crippen LogP) is 2.69. The summed E-state index contributed by atoms with van der Waals surface area (Å²) < 4.78 is 5.58. The van der Waals surface area contributed by atoms with E-state index in [4.69, 9.17) is 10.5 Å². The number of rotatable bonds is 6. The summed E-state index contributed by atoms with van der Waals surface area (Å²) in [5, 5.41) is 9.17. The minimum atomic E-state index is -1.02. The molecule has 110 valence electrons. The number of ether oxygens (including phenoxy) is 1. The number of aromatic carboxylic acids is 1. The van der Waals surface area contributed by atoms with Gasteiger partial charge in [0.15, 0.2) is 4.88 Å². The van der Waals surface area contributed by atoms with E-state index in [2.05, 4.69) is 0 Å². The lowest BCUT2D eigenvalue weighted by Gasteiger charge is -2.08. The summed E-state index contributed by atoms with van der Waals surface area (Å²) in [4.78, 5) is 23.6. The Kier molecular flexibility index (Phi) is 4.59. The summed E-state index contributed by atoms with van der Waals surface area (Å²) in [7, 11) is 0. The zero-order valence-electron chi connectivity index (χ0n) is 11.5. The fourth-order valence-electron chi connectivity index (χ4n) is 1.90. The lowest BCUT2D eigenvalue weighted by atomic mass is 10.1. The number of carboxylic acids is 1. The summed E-state index contributed by atoms with van der Waals surface area (Å²) in [6.45, 7) is 2.04. The van der Waals surface area contributed by atoms with Crippen LogP contribution >= 0.6 is 11.3 Å². The summed E-state index contributed by atoms with van der Waals surface area (Å²) in [5.41, 5.74) is 6.31. The summed E-state index contributed by atoms with van der Waals surface area (Å²) >= 11 is 1.20. The molecule has 0 saturated carbocycles. The first kappa shape index (κ1) is 15.1. The first-order valence-electron chi connectivity index (χ1n) is 6.39. The number of benzene rings is 1. The number of hydrogen-bond donors (Lipinski definition) is 2. The van der Waals surface area contributed by atoms with Crippen molar-refractivity contribution < 1.29 is 19.4 Å². The molecule has 21 heavy (non-hydrogen) atoms. The molecule has 6 heteroatoms. The number of aryl methyl sites for hydroxylation is 1. The Morgan fingerprint density at radius 3 is 2.67 bits per heavy atom. The second-order valence-electron chi connectivity index (χ2n) is 4.37. The SMILES string of the molecule is CCc1cc(OCc2ccccc2C(N)=O)c(C(=O)O)s1. The van der Waals surface area contributed by atoms with Gasteiger partial charge in [0.1, 0.15) is 12.4 Å². The van der Waals surface area contributed by atoms with Crippen LogP contribution in [0.15, 0.2) is 30.3 Å². The topological polar surface area (TPSA) is 89.6 Å². The van der Waals surface area contributed by atoms with Gasteiger partial charge in [-0.25, -0.2) is 4.79 Å². The highest BCUT2D eigenvalue weighted by Crippen LogP contribution is 2.30. The van der Waals surface area contributed by atoms with Crippen LogP contribution in [-0.4, -0.2) is 17.0 Å². The van der Waals surface area contributed by atoms with Gasteiger partial charge in [-0.2, -0.15) is 0 Å². The molecule has 3 N–H and O–H groups in total. The Morgan fingerprint density at radius 1 is 1.33 bits per heavy atom. The molecule has 2 aromatic rings. The zero-order valence-corrected chi connectivity index (χ0v) is 12.3. The van der Waals surface area contributed by atoms with E-state index in [1.165, 1.54) is 11.3 Å². The van der Waals surface area contributed by atoms with Crippen LogP contribution in [0.4, 0.5) is 0 Å². The van der Waals surface area contributed by atoms with Crippen molar-refractivity contribution in [2.24, 2.45) is 5.73 Å². The maximum Gasteiger partial charge on any atom is 0.349 e. The molecule has 0 bridgehead atoms. The van der Waals surface area contributed by atoms with Gasteiger partial charge in [0.05, 0.1) is 0 Å². The second kappa shape index (κ2) is 6.41. The molecule has 1 heterocycles. The van der Waals surface area contributed by atoms with E-state index in [9.17, 15) is 14.7 Å². The van der Waals surface area contributed by atoms with E-state index in [0.29, 0.717) is 16.9 Å². The van der Waals surface area contributed by atoms with Crippen LogP contribution in [0.5, 0.6) is 5.75 Å². The molecular formula is C15H15NO4S. The summed E-state index contributed by atoms with van der Waals surface area (Å²) in [5.74, 6) is -1.23. The number of nitrogens with two attached hydrogens (primary N) is 1. The Morgan fingerprint density at radius 2 is 2.05 bits per heavy atom. The zero-order chi connectivity index (χ0) is 15.4. The van der Waals surface area contributed by atoms with Crippen LogP contribution in [0, 0.1) is 0 Å². The minimum Gasteiger partial charge on any atom is -0.487 e. The van der Waals surface area contributed by atoms with E-state index in [1.807, 2.05) is 6.92 Å². The van der Waals surface area contributed by atoms with Crippen LogP contribution in [0.1, 0.15) is 37.4 Å². The molecule has 0 spiro atoms. The Hall–Kier alpha value is -2.34. The van der Waals surface area contributed by atoms with Gasteiger partial charge in [-0.1, -0.05) is 25.1 Å². The number of carbonyl (C=O) groups excluding carboxylic acids is 1. The third-order valence-corrected chi connectivity index (χ3v) is 4.21. The Bertz CT molecular complexity index is 678. The average Bonchev–Trinajstić information content (AvgIpc) is 2.89. The predicted molar refractivity (Wildman–Crippen MR) is 79.9 cm³/mol. The van der Waals surface area contributed by atoms with Crippen molar-refractivity contribution in [3.8, 4) is 5.75 Å². The number of amides is 1. The van der Waals surface area contributed by atoms with Gasteiger partial charge >= 0.3 is 5.97 Å². The van der Waals surface area contributed by atoms with Gasteiger partial charge in [0, 0.05) is 16.0 Å². The normalized spacial score (nSPS) is 10.3. The molecule has 0 aliphatic carbocycles. The monoisotopic (exact) mass is 305 g/mol. The maximum absolute atomic E-state index is 11.3. The van der Waals surface area contributed by atoms with Crippen LogP contribution in [0.3, 0.4) is 0 Å². The molecule has 1 aromatic heterocycles. The molecule has 0 unspecified atom stereocenters. The molecule has 0 radical (unpaired) electrons. The molecule has 5 nitrogen and oxygen atoms in total. The van der Waals surface area contributed by atoms with Crippen LogP contribution in [0.2, 0.25) is 0 Å². The average molecular weight is 305 g/mol. The van der Waals surface area contributed by atoms with Crippen LogP contribution in [-0.2, 0) is 13.0 Å². The maximum atomic E-state index is 11.3. The number of hydrogen-bond acceptors (Lipinski definition) is 4. The van der Waals surface area contributed by atoms with Crippen molar-refractivity contribution in [3.63, 3.8) is 0 Å². The standard InChI is InChI=1S/C15H15NO4S/c1-2-10-7-12(13(21-10)15(18)19)20-8-9-5-3-4-6-11(9)14(16)17/h3-7H,2,8H2,1H3,(H2,16,17)(H,18,19). The molecule has 0 aliphatic rings. The number of primary amides is 1. The van der Waals surface area contributed by atoms with Crippen molar-refractivity contribution in [2.75, 3.05) is 0 Å². The van der Waals surface area contributed by atoms with Crippen LogP contribution in [0.25, 0.3) is 0 Å². The summed E-state index contributed by atoms with van der Waals surface area (Å²) in [6, 6.07) is 8.55. The lowest BCUT2D eigenvalue weighted by Crippen LogP contribution is -2.14. The quantitative estimate of drug-likeness (QED) is 0.858. The van der Waals surface area contributed by atoms with Crippen molar-refractivity contribution in [3.05, 3.63) is 51.2 Å². The van der Waals surface area contributed by atoms with Gasteiger partial charge in [0.2, 0.25) is 5.91 Å². The largest absolute Gasteiger partial charge is 0.487 e. The van der Waals surface area contributed by atoms with E-state index in [0.717, 1.165) is 11.3 Å². The van der Waals surface area contributed by atoms with Gasteiger partial charge < -0.3 is 15.6 Å². The highest BCUT2D eigenvalue weighted by atomic mass is 32.1. The molecule has 0 fully saturated rings. The first-order chi connectivity index (χ1) is 10.0. The fraction of sp³-hybridized carbons (Fsp3) is 0.200. The van der Waals surface area contributed by atoms with Gasteiger partial charge in [-0.3, -0.25) is 4.79 Å². The molecule has 0 atom stereocenters. The lowest BCUT2D eigenvalue weighted by molar-refractivity contribution is 0.0697. The van der Waals surface area contributed by atoms with E-state index in [-0.39, 0.29) is 11.5 Å². The number of carboxylic acid groups (broad SMARTS) is 1. The molecular weight excluding hydrogens is 290 g/mol. The summed E-state index contributed by atoms with van der Waals surface area (Å²) in [6.07, 6.45) is 0.742. The molecule has 1 amide bonds. The first-order valence-corrected chi connectivity index (χ1v) is 7.21. The van der Waals surface area contributed by atoms with Crippen molar-refractivity contribution >= 4 is 23.2 Å². The Balaban J connectivity index is 2.22. The van der Waals surface area contributed by atoms with Crippen molar-refractivity contribution in [1.29, 1.82) is 0 Å². The molecule has 2 rings (SSSR count). The van der Waals surface area contributed by atoms with Gasteiger partial charge in [0.25, 0.3) is 0 Å². The molecule has 0 aliphatic heterocycles. The third-order valence-electron chi connectivity index (χ3n) is 2.96. The second-order valence-corrected chi connectivity index (χ2v) is 5.51. The van der Waals surface area contributed by atoms with E-state index >= 15 is 0 Å². The fourth-order valence-corrected chi connectivity index (χ4v) is 2.77.